The first-order chi connectivity index (χ1) is 31.5. The molecule has 0 spiro atoms. The van der Waals surface area contributed by atoms with E-state index in [1.54, 1.807) is 0 Å². The first kappa shape index (κ1) is 37.7. The zero-order valence-electron chi connectivity index (χ0n) is 36.0. The molecule has 1 aliphatic carbocycles. The number of fused-ring (bicyclic) bond motifs is 7. The van der Waals surface area contributed by atoms with Gasteiger partial charge < -0.3 is 4.90 Å². The van der Waals surface area contributed by atoms with Gasteiger partial charge in [0.2, 0.25) is 0 Å². The highest BCUT2D eigenvalue weighted by Crippen LogP contribution is 2.52. The fourth-order valence-electron chi connectivity index (χ4n) is 10.4. The summed E-state index contributed by atoms with van der Waals surface area (Å²) >= 11 is 0. The Kier molecular flexibility index (Phi) is 8.91. The Hall–Kier alpha value is -8.00. The Labute approximate surface area is 375 Å². The molecule has 0 N–H and O–H groups in total. The molecule has 0 amide bonds. The van der Waals surface area contributed by atoms with Crippen molar-refractivity contribution in [3.63, 3.8) is 0 Å². The molecule has 64 heavy (non-hydrogen) atoms. The van der Waals surface area contributed by atoms with E-state index in [1.165, 1.54) is 99.1 Å². The maximum Gasteiger partial charge on any atom is 0.0465 e. The largest absolute Gasteiger partial charge is 0.310 e. The van der Waals surface area contributed by atoms with Crippen LogP contribution in [0, 0.1) is 0 Å². The van der Waals surface area contributed by atoms with Crippen LogP contribution in [0.4, 0.5) is 17.1 Å². The molecular formula is C63H45N. The summed E-state index contributed by atoms with van der Waals surface area (Å²) in [6.07, 6.45) is 0. The summed E-state index contributed by atoms with van der Waals surface area (Å²) in [6.45, 7) is 4.79. The Morgan fingerprint density at radius 2 is 0.672 bits per heavy atom. The first-order valence-electron chi connectivity index (χ1n) is 22.3. The van der Waals surface area contributed by atoms with E-state index in [0.717, 1.165) is 17.1 Å². The van der Waals surface area contributed by atoms with Crippen molar-refractivity contribution in [1.82, 2.24) is 0 Å². The van der Waals surface area contributed by atoms with Gasteiger partial charge in [0.1, 0.15) is 0 Å². The summed E-state index contributed by atoms with van der Waals surface area (Å²) < 4.78 is 0. The average Bonchev–Trinajstić information content (AvgIpc) is 3.59. The molecule has 1 nitrogen and oxygen atoms in total. The highest BCUT2D eigenvalue weighted by atomic mass is 15.1. The highest BCUT2D eigenvalue weighted by molar-refractivity contribution is 6.17. The summed E-state index contributed by atoms with van der Waals surface area (Å²) in [5.74, 6) is 0. The van der Waals surface area contributed by atoms with Gasteiger partial charge in [-0.05, 0) is 148 Å². The molecule has 12 rings (SSSR count). The van der Waals surface area contributed by atoms with E-state index in [-0.39, 0.29) is 5.41 Å². The van der Waals surface area contributed by atoms with Crippen LogP contribution in [-0.2, 0) is 5.41 Å². The number of rotatable bonds is 7. The van der Waals surface area contributed by atoms with Gasteiger partial charge in [-0.1, -0.05) is 202 Å². The van der Waals surface area contributed by atoms with Gasteiger partial charge >= 0.3 is 0 Å². The van der Waals surface area contributed by atoms with Gasteiger partial charge in [-0.3, -0.25) is 0 Å². The van der Waals surface area contributed by atoms with Crippen LogP contribution in [-0.4, -0.2) is 0 Å². The lowest BCUT2D eigenvalue weighted by Crippen LogP contribution is -2.16. The lowest BCUT2D eigenvalue weighted by molar-refractivity contribution is 0.660. The minimum atomic E-state index is -0.226. The van der Waals surface area contributed by atoms with Crippen molar-refractivity contribution in [2.24, 2.45) is 0 Å². The molecule has 0 unspecified atom stereocenters. The minimum absolute atomic E-state index is 0.226. The van der Waals surface area contributed by atoms with Crippen LogP contribution in [0.3, 0.4) is 0 Å². The third-order valence-electron chi connectivity index (χ3n) is 13.7. The second-order valence-electron chi connectivity index (χ2n) is 17.7. The molecule has 0 saturated carbocycles. The summed E-state index contributed by atoms with van der Waals surface area (Å²) in [5.41, 5.74) is 18.3. The number of hydrogen-bond acceptors (Lipinski definition) is 1. The molecular weight excluding hydrogens is 771 g/mol. The van der Waals surface area contributed by atoms with E-state index in [9.17, 15) is 0 Å². The van der Waals surface area contributed by atoms with E-state index in [0.29, 0.717) is 0 Å². The third kappa shape index (κ3) is 6.23. The molecule has 1 heteroatoms. The van der Waals surface area contributed by atoms with Crippen molar-refractivity contribution < 1.29 is 0 Å². The van der Waals surface area contributed by atoms with Crippen molar-refractivity contribution in [2.75, 3.05) is 4.90 Å². The summed E-state index contributed by atoms with van der Waals surface area (Å²) in [7, 11) is 0. The molecule has 0 bridgehead atoms. The zero-order valence-corrected chi connectivity index (χ0v) is 36.0. The smallest absolute Gasteiger partial charge is 0.0465 e. The van der Waals surface area contributed by atoms with Gasteiger partial charge in [0.25, 0.3) is 0 Å². The van der Waals surface area contributed by atoms with E-state index >= 15 is 0 Å². The maximum atomic E-state index is 2.46. The van der Waals surface area contributed by atoms with Crippen LogP contribution in [0.1, 0.15) is 25.0 Å². The van der Waals surface area contributed by atoms with Crippen molar-refractivity contribution >= 4 is 49.4 Å². The maximum absolute atomic E-state index is 2.46. The molecule has 0 fully saturated rings. The number of benzene rings is 11. The molecule has 0 saturated heterocycles. The van der Waals surface area contributed by atoms with Crippen LogP contribution in [0.25, 0.3) is 88.0 Å². The molecule has 11 aromatic carbocycles. The van der Waals surface area contributed by atoms with E-state index < -0.39 is 0 Å². The molecule has 0 aromatic heterocycles. The first-order valence-corrected chi connectivity index (χ1v) is 22.3. The molecule has 11 aromatic rings. The lowest BCUT2D eigenvalue weighted by Gasteiger charge is -2.28. The van der Waals surface area contributed by atoms with Crippen molar-refractivity contribution in [1.29, 1.82) is 0 Å². The van der Waals surface area contributed by atoms with E-state index in [1.807, 2.05) is 0 Å². The Morgan fingerprint density at radius 1 is 0.266 bits per heavy atom. The predicted molar refractivity (Wildman–Crippen MR) is 273 cm³/mol. The minimum Gasteiger partial charge on any atom is -0.310 e. The van der Waals surface area contributed by atoms with Gasteiger partial charge in [0.05, 0.1) is 0 Å². The summed E-state index contributed by atoms with van der Waals surface area (Å²) in [6, 6.07) is 87.1. The second-order valence-corrected chi connectivity index (χ2v) is 17.7. The van der Waals surface area contributed by atoms with Gasteiger partial charge in [-0.25, -0.2) is 0 Å². The van der Waals surface area contributed by atoms with Gasteiger partial charge in [-0.15, -0.1) is 0 Å². The molecule has 0 radical (unpaired) electrons. The Morgan fingerprint density at radius 3 is 1.28 bits per heavy atom. The van der Waals surface area contributed by atoms with Crippen molar-refractivity contribution in [3.05, 3.63) is 248 Å². The van der Waals surface area contributed by atoms with Crippen LogP contribution in [0.15, 0.2) is 237 Å². The summed E-state index contributed by atoms with van der Waals surface area (Å²) in [4.78, 5) is 2.40. The average molecular weight is 816 g/mol. The van der Waals surface area contributed by atoms with Crippen LogP contribution >= 0.6 is 0 Å². The van der Waals surface area contributed by atoms with Crippen LogP contribution in [0.5, 0.6) is 0 Å². The zero-order chi connectivity index (χ0) is 42.8. The number of anilines is 3. The van der Waals surface area contributed by atoms with Crippen molar-refractivity contribution in [3.8, 4) is 55.6 Å². The fraction of sp³-hybridized carbons (Fsp3) is 0.0476. The topological polar surface area (TPSA) is 3.24 Å². The second kappa shape index (κ2) is 15.1. The lowest BCUT2D eigenvalue weighted by atomic mass is 9.81. The molecule has 0 atom stereocenters. The number of hydrogen-bond donors (Lipinski definition) is 0. The monoisotopic (exact) mass is 815 g/mol. The normalized spacial score (nSPS) is 12.7. The van der Waals surface area contributed by atoms with Gasteiger partial charge in [0, 0.05) is 22.5 Å². The summed E-state index contributed by atoms with van der Waals surface area (Å²) in [5, 5.41) is 7.65. The van der Waals surface area contributed by atoms with Gasteiger partial charge in [0.15, 0.2) is 0 Å². The van der Waals surface area contributed by atoms with Crippen LogP contribution < -0.4 is 4.90 Å². The van der Waals surface area contributed by atoms with E-state index in [2.05, 4.69) is 255 Å². The fourth-order valence-corrected chi connectivity index (χ4v) is 10.4. The Bertz CT molecular complexity index is 3460. The quantitative estimate of drug-likeness (QED) is 0.145. The molecule has 0 heterocycles. The SMILES string of the molecule is CC1(C)c2cc(-c3ccc(-c4cc5ccccc5c5ccccc45)c4ccccc34)ccc2-c2ccc(N(c3ccc(-c4ccccc4)cc3)c3ccc(-c4ccccc4)cc3)cc21. The standard InChI is InChI=1S/C63H45N/c1-63(2)61-40-47(52-37-38-57(55-23-13-11-22-54(52)55)60-39-46-19-9-10-20-51(46)53-21-12-14-24-56(53)60)29-35-58(61)59-36-34-50(41-62(59)63)64(48-30-25-44(26-31-48)42-15-5-3-6-16-42)49-32-27-45(28-33-49)43-17-7-4-8-18-43/h3-41H,1-2H3. The Balaban J connectivity index is 0.940. The number of nitrogens with zero attached hydrogens (tertiary/aromatic N) is 1. The van der Waals surface area contributed by atoms with Gasteiger partial charge in [-0.2, -0.15) is 0 Å². The third-order valence-corrected chi connectivity index (χ3v) is 13.7. The molecule has 0 aliphatic heterocycles. The molecule has 1 aliphatic rings. The van der Waals surface area contributed by atoms with E-state index in [4.69, 9.17) is 0 Å². The predicted octanol–water partition coefficient (Wildman–Crippen LogP) is 17.6. The highest BCUT2D eigenvalue weighted by Gasteiger charge is 2.36. The van der Waals surface area contributed by atoms with Crippen molar-refractivity contribution in [2.45, 2.75) is 19.3 Å². The molecule has 302 valence electrons. The van der Waals surface area contributed by atoms with Crippen LogP contribution in [0.2, 0.25) is 0 Å².